The van der Waals surface area contributed by atoms with E-state index in [9.17, 15) is 9.59 Å². The molecule has 4 N–H and O–H groups in total. The summed E-state index contributed by atoms with van der Waals surface area (Å²) >= 11 is 0. The first-order valence-electron chi connectivity index (χ1n) is 5.45. The van der Waals surface area contributed by atoms with Gasteiger partial charge in [-0.2, -0.15) is 0 Å². The summed E-state index contributed by atoms with van der Waals surface area (Å²) in [5, 5.41) is 6.00. The van der Waals surface area contributed by atoms with Gasteiger partial charge in [0.15, 0.2) is 0 Å². The topological polar surface area (TPSA) is 84.2 Å². The van der Waals surface area contributed by atoms with E-state index in [0.717, 1.165) is 32.2 Å². The van der Waals surface area contributed by atoms with Gasteiger partial charge in [0.1, 0.15) is 0 Å². The number of hydrogen-bond donors (Lipinski definition) is 3. The van der Waals surface area contributed by atoms with Crippen LogP contribution in [0.4, 0.5) is 0 Å². The van der Waals surface area contributed by atoms with Crippen molar-refractivity contribution in [1.82, 2.24) is 10.6 Å². The highest BCUT2D eigenvalue weighted by molar-refractivity contribution is 5.85. The van der Waals surface area contributed by atoms with Crippen molar-refractivity contribution in [1.29, 1.82) is 0 Å². The van der Waals surface area contributed by atoms with Crippen LogP contribution in [0.3, 0.4) is 0 Å². The molecule has 1 atom stereocenters. The maximum Gasteiger partial charge on any atom is 0.237 e. The molecule has 2 amide bonds. The minimum atomic E-state index is -0.337. The molecule has 1 saturated heterocycles. The molecule has 6 heteroatoms. The van der Waals surface area contributed by atoms with Gasteiger partial charge in [0.05, 0.1) is 6.04 Å². The Morgan fingerprint density at radius 3 is 2.38 bits per heavy atom. The van der Waals surface area contributed by atoms with Crippen LogP contribution in [0.5, 0.6) is 0 Å². The number of nitrogens with one attached hydrogen (secondary N) is 2. The van der Waals surface area contributed by atoms with Crippen LogP contribution in [0.25, 0.3) is 0 Å². The molecule has 0 bridgehead atoms. The van der Waals surface area contributed by atoms with Crippen LogP contribution in [0.15, 0.2) is 0 Å². The lowest BCUT2D eigenvalue weighted by atomic mass is 9.74. The molecular weight excluding hydrogens is 230 g/mol. The summed E-state index contributed by atoms with van der Waals surface area (Å²) in [6.07, 6.45) is 3.96. The van der Waals surface area contributed by atoms with Crippen molar-refractivity contribution in [3.05, 3.63) is 0 Å². The third-order valence-electron chi connectivity index (χ3n) is 3.35. The molecule has 0 aromatic heterocycles. The van der Waals surface area contributed by atoms with Gasteiger partial charge in [0.2, 0.25) is 11.8 Å². The fraction of sp³-hybridized carbons (Fsp3) is 0.800. The number of rotatable bonds is 4. The van der Waals surface area contributed by atoms with Gasteiger partial charge in [-0.3, -0.25) is 9.59 Å². The van der Waals surface area contributed by atoms with E-state index in [-0.39, 0.29) is 42.2 Å². The van der Waals surface area contributed by atoms with Gasteiger partial charge in [0, 0.05) is 12.0 Å². The second-order valence-electron chi connectivity index (χ2n) is 4.56. The van der Waals surface area contributed by atoms with Crippen LogP contribution in [-0.4, -0.2) is 29.9 Å². The van der Waals surface area contributed by atoms with Gasteiger partial charge >= 0.3 is 0 Å². The fourth-order valence-corrected chi connectivity index (χ4v) is 2.14. The average Bonchev–Trinajstić information content (AvgIpc) is 1.95. The second-order valence-corrected chi connectivity index (χ2v) is 4.56. The van der Waals surface area contributed by atoms with E-state index in [1.807, 2.05) is 0 Å². The maximum atomic E-state index is 11.7. The minimum Gasteiger partial charge on any atom is -0.370 e. The Balaban J connectivity index is 0.00000128. The number of nitrogens with two attached hydrogens (primary N) is 1. The Kier molecular flexibility index (Phi) is 4.15. The molecule has 92 valence electrons. The Hall–Kier alpha value is -0.810. The monoisotopic (exact) mass is 247 g/mol. The van der Waals surface area contributed by atoms with E-state index in [4.69, 9.17) is 5.73 Å². The average molecular weight is 248 g/mol. The largest absolute Gasteiger partial charge is 0.370 e. The molecule has 2 rings (SSSR count). The van der Waals surface area contributed by atoms with E-state index in [1.165, 1.54) is 0 Å². The van der Waals surface area contributed by atoms with Crippen LogP contribution in [0.1, 0.15) is 32.1 Å². The summed E-state index contributed by atoms with van der Waals surface area (Å²) in [4.78, 5) is 22.6. The van der Waals surface area contributed by atoms with E-state index < -0.39 is 0 Å². The van der Waals surface area contributed by atoms with Crippen LogP contribution < -0.4 is 16.4 Å². The number of primary amides is 1. The molecule has 1 saturated carbocycles. The first kappa shape index (κ1) is 13.3. The van der Waals surface area contributed by atoms with E-state index in [2.05, 4.69) is 10.6 Å². The molecule has 2 aliphatic rings. The maximum absolute atomic E-state index is 11.7. The Morgan fingerprint density at radius 1 is 1.44 bits per heavy atom. The highest BCUT2D eigenvalue weighted by atomic mass is 35.5. The summed E-state index contributed by atoms with van der Waals surface area (Å²) < 4.78 is 0. The minimum absolute atomic E-state index is 0. The van der Waals surface area contributed by atoms with Gasteiger partial charge in [-0.15, -0.1) is 12.4 Å². The normalized spacial score (nSPS) is 25.6. The predicted octanol–water partition coefficient (Wildman–Crippen LogP) is -0.316. The van der Waals surface area contributed by atoms with Crippen molar-refractivity contribution in [2.45, 2.75) is 43.7 Å². The highest BCUT2D eigenvalue weighted by Gasteiger charge is 2.41. The van der Waals surface area contributed by atoms with Crippen molar-refractivity contribution >= 4 is 24.2 Å². The fourth-order valence-electron chi connectivity index (χ4n) is 2.14. The predicted molar refractivity (Wildman–Crippen MR) is 62.2 cm³/mol. The number of carbonyl (C=O) groups is 2. The highest BCUT2D eigenvalue weighted by Crippen LogP contribution is 2.34. The third-order valence-corrected chi connectivity index (χ3v) is 3.35. The lowest BCUT2D eigenvalue weighted by molar-refractivity contribution is -0.129. The van der Waals surface area contributed by atoms with Crippen molar-refractivity contribution in [2.24, 2.45) is 5.73 Å². The molecule has 16 heavy (non-hydrogen) atoms. The lowest BCUT2D eigenvalue weighted by Gasteiger charge is -2.43. The summed E-state index contributed by atoms with van der Waals surface area (Å²) in [6.45, 7) is 0.904. The zero-order chi connectivity index (χ0) is 10.9. The van der Waals surface area contributed by atoms with Crippen LogP contribution in [0.2, 0.25) is 0 Å². The Labute approximate surface area is 101 Å². The number of carbonyl (C=O) groups excluding carboxylic acids is 2. The molecule has 0 radical (unpaired) electrons. The van der Waals surface area contributed by atoms with Crippen LogP contribution >= 0.6 is 12.4 Å². The molecule has 0 spiro atoms. The van der Waals surface area contributed by atoms with Crippen molar-refractivity contribution < 1.29 is 9.59 Å². The van der Waals surface area contributed by atoms with Gasteiger partial charge in [-0.25, -0.2) is 0 Å². The molecule has 2 fully saturated rings. The van der Waals surface area contributed by atoms with Crippen LogP contribution in [0, 0.1) is 0 Å². The second kappa shape index (κ2) is 5.01. The van der Waals surface area contributed by atoms with E-state index in [0.29, 0.717) is 0 Å². The summed E-state index contributed by atoms with van der Waals surface area (Å²) in [5.41, 5.74) is 4.85. The smallest absolute Gasteiger partial charge is 0.237 e. The first-order chi connectivity index (χ1) is 7.11. The quantitative estimate of drug-likeness (QED) is 0.637. The van der Waals surface area contributed by atoms with Crippen molar-refractivity contribution in [3.8, 4) is 0 Å². The molecule has 0 aromatic rings. The number of amides is 2. The van der Waals surface area contributed by atoms with Gasteiger partial charge < -0.3 is 16.4 Å². The zero-order valence-corrected chi connectivity index (χ0v) is 9.94. The van der Waals surface area contributed by atoms with Crippen molar-refractivity contribution in [3.63, 3.8) is 0 Å². The van der Waals surface area contributed by atoms with Gasteiger partial charge in [0.25, 0.3) is 0 Å². The Morgan fingerprint density at radius 2 is 2.06 bits per heavy atom. The molecule has 0 aromatic carbocycles. The van der Waals surface area contributed by atoms with Crippen molar-refractivity contribution in [2.75, 3.05) is 6.54 Å². The summed E-state index contributed by atoms with van der Waals surface area (Å²) in [7, 11) is 0. The van der Waals surface area contributed by atoms with Crippen LogP contribution in [-0.2, 0) is 9.59 Å². The molecule has 1 aliphatic carbocycles. The SMILES string of the molecule is Cl.NC(=O)CC1(NC(=O)[C@H]2CCN2)CCC1. The number of halogens is 1. The van der Waals surface area contributed by atoms with E-state index in [1.54, 1.807) is 0 Å². The molecular formula is C10H18ClN3O2. The Bertz CT molecular complexity index is 288. The summed E-state index contributed by atoms with van der Waals surface area (Å²) in [6, 6.07) is -0.0599. The molecule has 1 heterocycles. The first-order valence-corrected chi connectivity index (χ1v) is 5.45. The number of hydrogen-bond acceptors (Lipinski definition) is 3. The van der Waals surface area contributed by atoms with E-state index >= 15 is 0 Å². The zero-order valence-electron chi connectivity index (χ0n) is 9.12. The molecule has 5 nitrogen and oxygen atoms in total. The lowest BCUT2D eigenvalue weighted by Crippen LogP contribution is -2.62. The third kappa shape index (κ3) is 2.65. The molecule has 1 aliphatic heterocycles. The van der Waals surface area contributed by atoms with Gasteiger partial charge in [-0.05, 0) is 32.2 Å². The summed E-state index contributed by atoms with van der Waals surface area (Å²) in [5.74, 6) is -0.321. The molecule has 0 unspecified atom stereocenters. The van der Waals surface area contributed by atoms with Gasteiger partial charge in [-0.1, -0.05) is 0 Å². The standard InChI is InChI=1S/C10H17N3O2.ClH/c11-8(14)6-10(3-1-4-10)13-9(15)7-2-5-12-7;/h7,12H,1-6H2,(H2,11,14)(H,13,15);1H/t7-;/m1./s1.